The summed E-state index contributed by atoms with van der Waals surface area (Å²) in [5.74, 6) is 0. The molecule has 1 aromatic rings. The molecule has 1 aliphatic rings. The lowest BCUT2D eigenvalue weighted by Gasteiger charge is -2.45. The molecule has 1 aromatic heterocycles. The van der Waals surface area contributed by atoms with Crippen molar-refractivity contribution in [2.45, 2.75) is 37.3 Å². The molecule has 1 fully saturated rings. The van der Waals surface area contributed by atoms with E-state index in [4.69, 9.17) is 22.1 Å². The van der Waals surface area contributed by atoms with E-state index in [-0.39, 0.29) is 11.6 Å². The van der Waals surface area contributed by atoms with Crippen LogP contribution in [0, 0.1) is 0 Å². The maximum Gasteiger partial charge on any atom is 0.0832 e. The average Bonchev–Trinajstić information content (AvgIpc) is 2.21. The minimum absolute atomic E-state index is 0.00569. The number of aromatic nitrogens is 1. The third-order valence-corrected chi connectivity index (χ3v) is 3.92. The van der Waals surface area contributed by atoms with E-state index < -0.39 is 0 Å². The molecule has 0 spiro atoms. The summed E-state index contributed by atoms with van der Waals surface area (Å²) in [6.07, 6.45) is 7.44. The minimum Gasteiger partial charge on any atom is -0.377 e. The first-order valence-electron chi connectivity index (χ1n) is 5.57. The first-order valence-corrected chi connectivity index (χ1v) is 5.95. The lowest BCUT2D eigenvalue weighted by molar-refractivity contribution is -0.0896. The molecule has 1 saturated carbocycles. The van der Waals surface area contributed by atoms with Gasteiger partial charge < -0.3 is 10.5 Å². The fourth-order valence-electron chi connectivity index (χ4n) is 2.24. The second-order valence-corrected chi connectivity index (χ2v) is 4.81. The monoisotopic (exact) mass is 240 g/mol. The molecule has 0 amide bonds. The molecule has 4 heteroatoms. The molecule has 1 unspecified atom stereocenters. The van der Waals surface area contributed by atoms with Crippen LogP contribution in [-0.4, -0.2) is 23.7 Å². The van der Waals surface area contributed by atoms with Crippen LogP contribution in [0.4, 0.5) is 0 Å². The molecule has 1 aliphatic carbocycles. The summed E-state index contributed by atoms with van der Waals surface area (Å²) in [7, 11) is 1.74. The molecule has 2 N–H and O–H groups in total. The first kappa shape index (κ1) is 11.8. The van der Waals surface area contributed by atoms with Crippen molar-refractivity contribution in [3.8, 4) is 0 Å². The third kappa shape index (κ3) is 2.08. The van der Waals surface area contributed by atoms with Gasteiger partial charge in [-0.05, 0) is 37.3 Å². The van der Waals surface area contributed by atoms with E-state index in [9.17, 15) is 0 Å². The zero-order chi connectivity index (χ0) is 11.6. The van der Waals surface area contributed by atoms with E-state index in [2.05, 4.69) is 4.98 Å². The van der Waals surface area contributed by atoms with E-state index in [1.807, 2.05) is 6.07 Å². The summed E-state index contributed by atoms with van der Waals surface area (Å²) in [6.45, 7) is 0. The highest BCUT2D eigenvalue weighted by molar-refractivity contribution is 6.31. The van der Waals surface area contributed by atoms with Gasteiger partial charge in [0.2, 0.25) is 0 Å². The maximum absolute atomic E-state index is 6.22. The Balaban J connectivity index is 2.07. The van der Waals surface area contributed by atoms with Gasteiger partial charge in [-0.3, -0.25) is 4.98 Å². The van der Waals surface area contributed by atoms with Crippen molar-refractivity contribution in [3.63, 3.8) is 0 Å². The highest BCUT2D eigenvalue weighted by Gasteiger charge is 2.42. The van der Waals surface area contributed by atoms with E-state index in [1.54, 1.807) is 19.5 Å². The fraction of sp³-hybridized carbons (Fsp3) is 0.583. The van der Waals surface area contributed by atoms with Crippen molar-refractivity contribution in [2.75, 3.05) is 7.11 Å². The molecule has 0 aliphatic heterocycles. The lowest BCUT2D eigenvalue weighted by Crippen LogP contribution is -2.55. The molecule has 88 valence electrons. The summed E-state index contributed by atoms with van der Waals surface area (Å²) in [5, 5.41) is 0.684. The molecule has 0 bridgehead atoms. The number of nitrogens with two attached hydrogens (primary N) is 1. The number of methoxy groups -OCH3 is 1. The van der Waals surface area contributed by atoms with E-state index in [0.717, 1.165) is 24.8 Å². The van der Waals surface area contributed by atoms with Crippen molar-refractivity contribution in [2.24, 2.45) is 5.73 Å². The Morgan fingerprint density at radius 1 is 1.62 bits per heavy atom. The SMILES string of the molecule is COC1(C(N)Cc2ccncc2Cl)CCC1. The van der Waals surface area contributed by atoms with Gasteiger partial charge in [0.15, 0.2) is 0 Å². The largest absolute Gasteiger partial charge is 0.377 e. The number of ether oxygens (including phenoxy) is 1. The summed E-state index contributed by atoms with van der Waals surface area (Å²) in [6, 6.07) is 1.93. The Kier molecular flexibility index (Phi) is 3.47. The van der Waals surface area contributed by atoms with Gasteiger partial charge in [-0.1, -0.05) is 11.6 Å². The van der Waals surface area contributed by atoms with Crippen molar-refractivity contribution in [1.29, 1.82) is 0 Å². The number of hydrogen-bond acceptors (Lipinski definition) is 3. The second-order valence-electron chi connectivity index (χ2n) is 4.40. The molecular weight excluding hydrogens is 224 g/mol. The van der Waals surface area contributed by atoms with Gasteiger partial charge in [0.25, 0.3) is 0 Å². The zero-order valence-corrected chi connectivity index (χ0v) is 10.2. The van der Waals surface area contributed by atoms with Crippen molar-refractivity contribution in [1.82, 2.24) is 4.98 Å². The Morgan fingerprint density at radius 2 is 2.38 bits per heavy atom. The van der Waals surface area contributed by atoms with Crippen LogP contribution in [0.25, 0.3) is 0 Å². The molecule has 0 radical (unpaired) electrons. The van der Waals surface area contributed by atoms with Crippen LogP contribution in [0.15, 0.2) is 18.5 Å². The van der Waals surface area contributed by atoms with Gasteiger partial charge in [0.05, 0.1) is 10.6 Å². The van der Waals surface area contributed by atoms with Crippen LogP contribution >= 0.6 is 11.6 Å². The van der Waals surface area contributed by atoms with E-state index in [0.29, 0.717) is 5.02 Å². The van der Waals surface area contributed by atoms with Crippen LogP contribution in [0.2, 0.25) is 5.02 Å². The first-order chi connectivity index (χ1) is 7.68. The molecule has 0 aromatic carbocycles. The number of rotatable bonds is 4. The van der Waals surface area contributed by atoms with Crippen molar-refractivity contribution >= 4 is 11.6 Å². The topological polar surface area (TPSA) is 48.1 Å². The second kappa shape index (κ2) is 4.70. The zero-order valence-electron chi connectivity index (χ0n) is 9.45. The highest BCUT2D eigenvalue weighted by atomic mass is 35.5. The van der Waals surface area contributed by atoms with Crippen molar-refractivity contribution < 1.29 is 4.74 Å². The number of pyridine rings is 1. The van der Waals surface area contributed by atoms with Crippen LogP contribution in [0.1, 0.15) is 24.8 Å². The number of hydrogen-bond donors (Lipinski definition) is 1. The van der Waals surface area contributed by atoms with Crippen LogP contribution in [-0.2, 0) is 11.2 Å². The highest BCUT2D eigenvalue weighted by Crippen LogP contribution is 2.38. The summed E-state index contributed by atoms with van der Waals surface area (Å²) in [4.78, 5) is 3.96. The summed E-state index contributed by atoms with van der Waals surface area (Å²) >= 11 is 6.06. The predicted molar refractivity (Wildman–Crippen MR) is 64.5 cm³/mol. The normalized spacial score (nSPS) is 20.2. The lowest BCUT2D eigenvalue weighted by atomic mass is 9.73. The molecular formula is C12H17ClN2O. The standard InChI is InChI=1S/C12H17ClN2O/c1-16-12(4-2-5-12)11(14)7-9-3-6-15-8-10(9)13/h3,6,8,11H,2,4-5,7,14H2,1H3. The number of halogens is 1. The quantitative estimate of drug-likeness (QED) is 0.878. The van der Waals surface area contributed by atoms with Crippen LogP contribution < -0.4 is 5.73 Å². The van der Waals surface area contributed by atoms with Gasteiger partial charge in [-0.25, -0.2) is 0 Å². The summed E-state index contributed by atoms with van der Waals surface area (Å²) in [5.41, 5.74) is 7.14. The van der Waals surface area contributed by atoms with Gasteiger partial charge in [-0.2, -0.15) is 0 Å². The molecule has 2 rings (SSSR count). The van der Waals surface area contributed by atoms with Gasteiger partial charge in [0.1, 0.15) is 0 Å². The predicted octanol–water partition coefficient (Wildman–Crippen LogP) is 2.17. The molecule has 1 atom stereocenters. The average molecular weight is 241 g/mol. The third-order valence-electron chi connectivity index (χ3n) is 3.58. The Hall–Kier alpha value is -0.640. The van der Waals surface area contributed by atoms with Gasteiger partial charge in [0, 0.05) is 25.5 Å². The van der Waals surface area contributed by atoms with Crippen molar-refractivity contribution in [3.05, 3.63) is 29.0 Å². The van der Waals surface area contributed by atoms with E-state index >= 15 is 0 Å². The molecule has 0 saturated heterocycles. The Labute approximate surface area is 101 Å². The minimum atomic E-state index is -0.132. The van der Waals surface area contributed by atoms with Crippen LogP contribution in [0.5, 0.6) is 0 Å². The molecule has 1 heterocycles. The number of nitrogens with zero attached hydrogens (tertiary/aromatic N) is 1. The van der Waals surface area contributed by atoms with E-state index in [1.165, 1.54) is 6.42 Å². The van der Waals surface area contributed by atoms with Crippen LogP contribution in [0.3, 0.4) is 0 Å². The fourth-order valence-corrected chi connectivity index (χ4v) is 2.44. The maximum atomic E-state index is 6.22. The Morgan fingerprint density at radius 3 is 2.88 bits per heavy atom. The van der Waals surface area contributed by atoms with Gasteiger partial charge in [-0.15, -0.1) is 0 Å². The smallest absolute Gasteiger partial charge is 0.0832 e. The summed E-state index contributed by atoms with van der Waals surface area (Å²) < 4.78 is 5.56. The Bertz CT molecular complexity index is 360. The molecule has 16 heavy (non-hydrogen) atoms. The van der Waals surface area contributed by atoms with Gasteiger partial charge >= 0.3 is 0 Å². The molecule has 3 nitrogen and oxygen atoms in total.